The Labute approximate surface area is 503 Å². The molecular formula is C67H111F2N2O12P. The molecule has 2 aromatic rings. The Morgan fingerprint density at radius 1 is 0.786 bits per heavy atom. The summed E-state index contributed by atoms with van der Waals surface area (Å²) in [7, 11) is 2.93. The van der Waals surface area contributed by atoms with Crippen molar-refractivity contribution in [1.82, 2.24) is 9.80 Å². The Morgan fingerprint density at radius 2 is 1.33 bits per heavy atom. The SMILES string of the molecule is CC[C@H]1OC(=O)[C@H](C)C([C@H]2C[C@@](C)(OC)[C@@H](O)[C@H](C)O2)[C@H](C)[C@@H](O[C@@H]2O[C@H](C)C[C@H](N(C)C)[C@H]2O)[C@](C)(O)C[C@@H](C)CN(C(=O)CCCCCCCCCCC[PH](c2ccccc2)(c2ccccc2)C2CCC(F)(F)CC2)[C@H](C)[C@@H](O)[C@]1(C)O. The fraction of sp³-hybridized carbons (Fsp3) is 0.791. The van der Waals surface area contributed by atoms with Gasteiger partial charge in [0.15, 0.2) is 6.29 Å². The van der Waals surface area contributed by atoms with Crippen molar-refractivity contribution in [2.45, 2.75) is 280 Å². The summed E-state index contributed by atoms with van der Waals surface area (Å²) in [6, 6.07) is 20.2. The molecule has 0 bridgehead atoms. The molecule has 1 aliphatic carbocycles. The number of methoxy groups -OCH3 is 1. The minimum atomic E-state index is -2.58. The second-order valence-electron chi connectivity index (χ2n) is 27.4. The number of aliphatic hydroxyl groups is 5. The number of alkyl halides is 2. The number of aliphatic hydroxyl groups excluding tert-OH is 3. The van der Waals surface area contributed by atoms with Gasteiger partial charge in [-0.05, 0) is 86.7 Å². The second-order valence-corrected chi connectivity index (χ2v) is 31.8. The number of benzene rings is 2. The van der Waals surface area contributed by atoms with Crippen molar-refractivity contribution < 1.29 is 67.6 Å². The summed E-state index contributed by atoms with van der Waals surface area (Å²) in [5.74, 6) is -6.31. The third-order valence-electron chi connectivity index (χ3n) is 20.5. The third kappa shape index (κ3) is 16.9. The molecule has 18 atom stereocenters. The van der Waals surface area contributed by atoms with E-state index in [9.17, 15) is 43.9 Å². The van der Waals surface area contributed by atoms with Crippen LogP contribution in [0.5, 0.6) is 0 Å². The predicted molar refractivity (Wildman–Crippen MR) is 331 cm³/mol. The van der Waals surface area contributed by atoms with Crippen LogP contribution >= 0.6 is 7.26 Å². The number of likely N-dealkylation sites (N-methyl/N-ethyl adjacent to an activating group) is 1. The maximum atomic E-state index is 14.8. The summed E-state index contributed by atoms with van der Waals surface area (Å²) in [5, 5.41) is 63.6. The molecule has 5 N–H and O–H groups in total. The van der Waals surface area contributed by atoms with E-state index in [0.717, 1.165) is 57.5 Å². The first kappa shape index (κ1) is 70.4. The van der Waals surface area contributed by atoms with Crippen LogP contribution in [0.4, 0.5) is 8.78 Å². The quantitative estimate of drug-likeness (QED) is 0.0452. The summed E-state index contributed by atoms with van der Waals surface area (Å²) >= 11 is 0. The van der Waals surface area contributed by atoms with Gasteiger partial charge in [-0.3, -0.25) is 9.59 Å². The van der Waals surface area contributed by atoms with E-state index >= 15 is 0 Å². The van der Waals surface area contributed by atoms with Crippen molar-refractivity contribution in [3.63, 3.8) is 0 Å². The van der Waals surface area contributed by atoms with Gasteiger partial charge in [0, 0.05) is 32.0 Å². The van der Waals surface area contributed by atoms with Crippen LogP contribution in [0.2, 0.25) is 0 Å². The average Bonchev–Trinajstić information content (AvgIpc) is 1.98. The molecule has 3 heterocycles. The number of cyclic esters (lactones) is 1. The maximum Gasteiger partial charge on any atom is 0.126 e. The molecule has 480 valence electrons. The molecule has 1 saturated carbocycles. The van der Waals surface area contributed by atoms with Gasteiger partial charge in [0.1, 0.15) is 30.0 Å². The Morgan fingerprint density at radius 3 is 1.87 bits per heavy atom. The van der Waals surface area contributed by atoms with E-state index in [2.05, 4.69) is 48.5 Å². The Kier molecular flexibility index (Phi) is 25.7. The van der Waals surface area contributed by atoms with Gasteiger partial charge in [0.2, 0.25) is 0 Å². The van der Waals surface area contributed by atoms with Crippen LogP contribution in [0.15, 0.2) is 60.7 Å². The molecule has 3 aliphatic heterocycles. The molecule has 17 heteroatoms. The molecule has 3 saturated heterocycles. The normalized spacial score (nSPS) is 37.3. The summed E-state index contributed by atoms with van der Waals surface area (Å²) < 4.78 is 61.3. The molecule has 0 spiro atoms. The number of amides is 1. The largest absolute Gasteiger partial charge is 0.388 e. The maximum absolute atomic E-state index is 14.8. The van der Waals surface area contributed by atoms with Crippen LogP contribution in [0.25, 0.3) is 0 Å². The monoisotopic (exact) mass is 1200 g/mol. The molecule has 2 aromatic carbocycles. The van der Waals surface area contributed by atoms with Gasteiger partial charge in [-0.25, -0.2) is 0 Å². The summed E-state index contributed by atoms with van der Waals surface area (Å²) in [6.45, 7) is 17.7. The standard InChI is InChI=1S/C67H111F2N2O12P/c1-14-55-66(10,78)59(74)48(6)71(56(72)34-28-20-18-16-15-17-19-21-29-39-84(50-30-24-22-25-31-50,51-32-26-23-27-33-51)52-35-37-67(68,69)38-36-52)43-44(2)41-64(8,77)61(83-63-58(73)53(70(11)12)40-45(3)80-63)46(4)57(47(5)62(76)82-55)54-42-65(9,79-13)60(75)49(7)81-54/h22-27,30-33,44-49,52-55,57-61,63,73-75,77-78,84H,14-21,28-29,34-43H2,1-13H3/t44-,45-,46+,47-,48-,49+,53+,54-,55-,57?,58-,59-,60+,61-,63+,64-,65-,66-/m1/s1. The minimum Gasteiger partial charge on any atom is -0.388 e. The van der Waals surface area contributed by atoms with E-state index in [-0.39, 0.29) is 68.8 Å². The average molecular weight is 1210 g/mol. The van der Waals surface area contributed by atoms with Gasteiger partial charge in [-0.1, -0.05) is 27.7 Å². The minimum absolute atomic E-state index is 0.0347. The fourth-order valence-electron chi connectivity index (χ4n) is 15.6. The number of halogens is 2. The zero-order valence-corrected chi connectivity index (χ0v) is 54.4. The Bertz CT molecular complexity index is 2270. The summed E-state index contributed by atoms with van der Waals surface area (Å²) in [5.41, 5.74) is -4.50. The predicted octanol–water partition coefficient (Wildman–Crippen LogP) is 9.95. The number of carbonyl (C=O) groups excluding carboxylic acids is 2. The van der Waals surface area contributed by atoms with E-state index in [1.54, 1.807) is 46.4 Å². The number of ether oxygens (including phenoxy) is 5. The number of nitrogens with zero attached hydrogens (tertiary/aromatic N) is 2. The van der Waals surface area contributed by atoms with Gasteiger partial charge in [0.25, 0.3) is 0 Å². The van der Waals surface area contributed by atoms with Gasteiger partial charge < -0.3 is 59.0 Å². The van der Waals surface area contributed by atoms with Crippen molar-refractivity contribution in [3.05, 3.63) is 60.7 Å². The van der Waals surface area contributed by atoms with Crippen LogP contribution in [0, 0.1) is 23.7 Å². The molecule has 4 aliphatic rings. The zero-order chi connectivity index (χ0) is 62.0. The molecule has 1 amide bonds. The van der Waals surface area contributed by atoms with E-state index in [1.807, 2.05) is 51.9 Å². The second kappa shape index (κ2) is 30.7. The van der Waals surface area contributed by atoms with Gasteiger partial charge >= 0.3 is 207 Å². The van der Waals surface area contributed by atoms with Crippen molar-refractivity contribution >= 4 is 29.7 Å². The van der Waals surface area contributed by atoms with Crippen LogP contribution in [0.1, 0.15) is 185 Å². The van der Waals surface area contributed by atoms with Gasteiger partial charge in [-0.2, -0.15) is 0 Å². The van der Waals surface area contributed by atoms with Crippen molar-refractivity contribution in [3.8, 4) is 0 Å². The Hall–Kier alpha value is -2.73. The van der Waals surface area contributed by atoms with E-state index in [0.29, 0.717) is 25.7 Å². The molecular weight excluding hydrogens is 1090 g/mol. The van der Waals surface area contributed by atoms with Crippen molar-refractivity contribution in [2.24, 2.45) is 23.7 Å². The first-order valence-corrected chi connectivity index (χ1v) is 34.5. The fourth-order valence-corrected chi connectivity index (χ4v) is 21.5. The molecule has 0 radical (unpaired) electrons. The molecule has 1 unspecified atom stereocenters. The van der Waals surface area contributed by atoms with Gasteiger partial charge in [0.05, 0.1) is 47.6 Å². The molecule has 4 fully saturated rings. The van der Waals surface area contributed by atoms with Gasteiger partial charge in [-0.15, -0.1) is 0 Å². The van der Waals surface area contributed by atoms with Crippen LogP contribution < -0.4 is 10.6 Å². The van der Waals surface area contributed by atoms with Crippen LogP contribution in [0.3, 0.4) is 0 Å². The molecule has 84 heavy (non-hydrogen) atoms. The summed E-state index contributed by atoms with van der Waals surface area (Å²) in [6.07, 6.45) is 3.23. The van der Waals surface area contributed by atoms with Crippen molar-refractivity contribution in [2.75, 3.05) is 33.9 Å². The molecule has 6 rings (SSSR count). The van der Waals surface area contributed by atoms with Crippen LogP contribution in [-0.2, 0) is 33.3 Å². The number of esters is 1. The number of rotatable bonds is 21. The number of unbranched alkanes of at least 4 members (excludes halogenated alkanes) is 8. The summed E-state index contributed by atoms with van der Waals surface area (Å²) in [4.78, 5) is 33.0. The van der Waals surface area contributed by atoms with E-state index in [1.165, 1.54) is 24.6 Å². The first-order chi connectivity index (χ1) is 39.5. The smallest absolute Gasteiger partial charge is 0.126 e. The van der Waals surface area contributed by atoms with E-state index in [4.69, 9.17) is 23.7 Å². The molecule has 0 aromatic heterocycles. The first-order valence-electron chi connectivity index (χ1n) is 32.2. The van der Waals surface area contributed by atoms with Crippen LogP contribution in [-0.4, -0.2) is 177 Å². The Balaban J connectivity index is 1.15. The third-order valence-corrected chi connectivity index (χ3v) is 26.4. The number of hydrogen-bond acceptors (Lipinski definition) is 13. The zero-order valence-electron chi connectivity index (χ0n) is 53.4. The van der Waals surface area contributed by atoms with E-state index < -0.39 is 115 Å². The number of carbonyl (C=O) groups is 2. The topological polar surface area (TPSA) is 188 Å². The number of hydrogen-bond donors (Lipinski definition) is 5. The van der Waals surface area contributed by atoms with Crippen molar-refractivity contribution in [1.29, 1.82) is 0 Å². The molecule has 14 nitrogen and oxygen atoms in total.